The molecule has 0 atom stereocenters. The molecule has 140 valence electrons. The summed E-state index contributed by atoms with van der Waals surface area (Å²) in [6, 6.07) is 10.8. The number of hydrogen-bond acceptors (Lipinski definition) is 5. The molecule has 0 spiro atoms. The fourth-order valence-corrected chi connectivity index (χ4v) is 3.84. The van der Waals surface area contributed by atoms with Crippen LogP contribution in [-0.4, -0.2) is 47.0 Å². The molecule has 28 heavy (non-hydrogen) atoms. The van der Waals surface area contributed by atoms with Crippen molar-refractivity contribution in [3.8, 4) is 11.8 Å². The fraction of sp³-hybridized carbons (Fsp3) is 0.190. The third-order valence-corrected chi connectivity index (χ3v) is 5.62. The van der Waals surface area contributed by atoms with Crippen LogP contribution in [0.4, 0.5) is 5.13 Å². The van der Waals surface area contributed by atoms with Gasteiger partial charge in [0.05, 0.1) is 5.02 Å². The Bertz CT molecular complexity index is 1020. The Morgan fingerprint density at radius 2 is 1.89 bits per heavy atom. The van der Waals surface area contributed by atoms with E-state index in [1.165, 1.54) is 0 Å². The zero-order chi connectivity index (χ0) is 19.3. The van der Waals surface area contributed by atoms with Crippen LogP contribution in [-0.2, 0) is 0 Å². The highest BCUT2D eigenvalue weighted by Gasteiger charge is 2.23. The van der Waals surface area contributed by atoms with Gasteiger partial charge in [0, 0.05) is 55.1 Å². The molecule has 1 aliphatic heterocycles. The molecule has 5 nitrogen and oxygen atoms in total. The minimum absolute atomic E-state index is 0.00339. The molecule has 0 radical (unpaired) electrons. The molecular weight excluding hydrogens is 392 g/mol. The molecule has 0 unspecified atom stereocenters. The Hall–Kier alpha value is -2.88. The van der Waals surface area contributed by atoms with Crippen LogP contribution in [0.2, 0.25) is 5.02 Å². The molecule has 1 aromatic carbocycles. The third kappa shape index (κ3) is 4.16. The summed E-state index contributed by atoms with van der Waals surface area (Å²) in [5, 5.41) is 3.49. The number of thiazole rings is 1. The van der Waals surface area contributed by atoms with Gasteiger partial charge >= 0.3 is 0 Å². The Morgan fingerprint density at radius 1 is 1.04 bits per heavy atom. The van der Waals surface area contributed by atoms with Gasteiger partial charge in [0.25, 0.3) is 5.91 Å². The van der Waals surface area contributed by atoms with Crippen LogP contribution < -0.4 is 4.90 Å². The van der Waals surface area contributed by atoms with Gasteiger partial charge in [-0.2, -0.15) is 0 Å². The summed E-state index contributed by atoms with van der Waals surface area (Å²) in [6.07, 6.45) is 3.50. The lowest BCUT2D eigenvalue weighted by Gasteiger charge is -2.34. The van der Waals surface area contributed by atoms with Gasteiger partial charge in [-0.1, -0.05) is 23.6 Å². The molecule has 1 fully saturated rings. The van der Waals surface area contributed by atoms with Crippen LogP contribution >= 0.6 is 22.9 Å². The first-order chi connectivity index (χ1) is 13.7. The van der Waals surface area contributed by atoms with E-state index < -0.39 is 0 Å². The number of aromatic nitrogens is 2. The number of rotatable bonds is 2. The summed E-state index contributed by atoms with van der Waals surface area (Å²) in [4.78, 5) is 25.5. The smallest absolute Gasteiger partial charge is 0.254 e. The minimum Gasteiger partial charge on any atom is -0.345 e. The maximum Gasteiger partial charge on any atom is 0.254 e. The summed E-state index contributed by atoms with van der Waals surface area (Å²) in [5.41, 5.74) is 1.88. The summed E-state index contributed by atoms with van der Waals surface area (Å²) < 4.78 is 0. The molecule has 1 aliphatic rings. The number of carbonyl (C=O) groups excluding carboxylic acids is 1. The van der Waals surface area contributed by atoms with Gasteiger partial charge in [0.1, 0.15) is 5.69 Å². The second kappa shape index (κ2) is 8.42. The van der Waals surface area contributed by atoms with E-state index in [1.54, 1.807) is 41.9 Å². The SMILES string of the molecule is O=C(c1ccc(Cl)c(C#Cc2ccccn2)c1)N1CCN(c2nccs2)CC1. The van der Waals surface area contributed by atoms with Gasteiger partial charge in [0.15, 0.2) is 5.13 Å². The van der Waals surface area contributed by atoms with Crippen molar-refractivity contribution >= 4 is 34.0 Å². The predicted octanol–water partition coefficient (Wildman–Crippen LogP) is 3.55. The summed E-state index contributed by atoms with van der Waals surface area (Å²) in [5.74, 6) is 6.01. The van der Waals surface area contributed by atoms with E-state index in [2.05, 4.69) is 26.7 Å². The molecule has 1 amide bonds. The molecule has 0 N–H and O–H groups in total. The largest absolute Gasteiger partial charge is 0.345 e. The average Bonchev–Trinajstić information content (AvgIpc) is 3.28. The topological polar surface area (TPSA) is 49.3 Å². The van der Waals surface area contributed by atoms with Gasteiger partial charge < -0.3 is 9.80 Å². The fourth-order valence-electron chi connectivity index (χ4n) is 2.98. The predicted molar refractivity (Wildman–Crippen MR) is 112 cm³/mol. The van der Waals surface area contributed by atoms with Gasteiger partial charge in [-0.25, -0.2) is 9.97 Å². The van der Waals surface area contributed by atoms with Crippen LogP contribution in [0.3, 0.4) is 0 Å². The molecule has 1 saturated heterocycles. The van der Waals surface area contributed by atoms with Crippen LogP contribution in [0.1, 0.15) is 21.6 Å². The quantitative estimate of drug-likeness (QED) is 0.608. The number of anilines is 1. The Labute approximate surface area is 172 Å². The third-order valence-electron chi connectivity index (χ3n) is 4.46. The summed E-state index contributed by atoms with van der Waals surface area (Å²) >= 11 is 7.89. The molecule has 4 rings (SSSR count). The number of nitrogens with zero attached hydrogens (tertiary/aromatic N) is 4. The van der Waals surface area contributed by atoms with Crippen molar-refractivity contribution in [1.82, 2.24) is 14.9 Å². The van der Waals surface area contributed by atoms with Crippen LogP contribution in [0.15, 0.2) is 54.2 Å². The maximum absolute atomic E-state index is 12.9. The van der Waals surface area contributed by atoms with E-state index in [1.807, 2.05) is 28.5 Å². The van der Waals surface area contributed by atoms with Crippen molar-refractivity contribution in [2.24, 2.45) is 0 Å². The average molecular weight is 409 g/mol. The van der Waals surface area contributed by atoms with Crippen molar-refractivity contribution < 1.29 is 4.79 Å². The number of benzene rings is 1. The zero-order valence-corrected chi connectivity index (χ0v) is 16.6. The number of pyridine rings is 1. The molecule has 2 aromatic heterocycles. The van der Waals surface area contributed by atoms with E-state index in [0.717, 1.165) is 18.2 Å². The minimum atomic E-state index is -0.00339. The number of amides is 1. The second-order valence-corrected chi connectivity index (χ2v) is 7.53. The number of piperazine rings is 1. The van der Waals surface area contributed by atoms with E-state index in [4.69, 9.17) is 11.6 Å². The number of halogens is 1. The molecule has 0 saturated carbocycles. The van der Waals surface area contributed by atoms with Gasteiger partial charge in [0.2, 0.25) is 0 Å². The van der Waals surface area contributed by atoms with E-state index in [0.29, 0.717) is 34.9 Å². The van der Waals surface area contributed by atoms with Crippen molar-refractivity contribution in [2.45, 2.75) is 0 Å². The Morgan fingerprint density at radius 3 is 2.61 bits per heavy atom. The molecule has 0 bridgehead atoms. The van der Waals surface area contributed by atoms with Crippen molar-refractivity contribution in [3.05, 3.63) is 76.0 Å². The van der Waals surface area contributed by atoms with Crippen LogP contribution in [0.5, 0.6) is 0 Å². The number of hydrogen-bond donors (Lipinski definition) is 0. The van der Waals surface area contributed by atoms with E-state index >= 15 is 0 Å². The molecule has 3 heterocycles. The molecular formula is C21H17ClN4OS. The van der Waals surface area contributed by atoms with E-state index in [9.17, 15) is 4.79 Å². The van der Waals surface area contributed by atoms with Crippen LogP contribution in [0.25, 0.3) is 0 Å². The second-order valence-electron chi connectivity index (χ2n) is 6.25. The summed E-state index contributed by atoms with van der Waals surface area (Å²) in [6.45, 7) is 2.88. The first kappa shape index (κ1) is 18.5. The lowest BCUT2D eigenvalue weighted by molar-refractivity contribution is 0.0746. The van der Waals surface area contributed by atoms with Crippen LogP contribution in [0, 0.1) is 11.8 Å². The van der Waals surface area contributed by atoms with Crippen molar-refractivity contribution in [3.63, 3.8) is 0 Å². The summed E-state index contributed by atoms with van der Waals surface area (Å²) in [7, 11) is 0. The van der Waals surface area contributed by atoms with Gasteiger partial charge in [-0.15, -0.1) is 11.3 Å². The number of carbonyl (C=O) groups is 1. The highest BCUT2D eigenvalue weighted by Crippen LogP contribution is 2.21. The monoisotopic (exact) mass is 408 g/mol. The Kier molecular flexibility index (Phi) is 5.56. The first-order valence-electron chi connectivity index (χ1n) is 8.87. The Balaban J connectivity index is 1.47. The zero-order valence-electron chi connectivity index (χ0n) is 15.0. The lowest BCUT2D eigenvalue weighted by Crippen LogP contribution is -2.48. The lowest BCUT2D eigenvalue weighted by atomic mass is 10.1. The van der Waals surface area contributed by atoms with E-state index in [-0.39, 0.29) is 5.91 Å². The van der Waals surface area contributed by atoms with Gasteiger partial charge in [-0.05, 0) is 36.3 Å². The highest BCUT2D eigenvalue weighted by atomic mass is 35.5. The highest BCUT2D eigenvalue weighted by molar-refractivity contribution is 7.13. The normalized spacial score (nSPS) is 13.8. The maximum atomic E-state index is 12.9. The van der Waals surface area contributed by atoms with Crippen molar-refractivity contribution in [1.29, 1.82) is 0 Å². The standard InChI is InChI=1S/C21H17ClN4OS/c22-19-7-5-17(15-16(19)4-6-18-3-1-2-8-23-18)20(27)25-10-12-26(13-11-25)21-24-9-14-28-21/h1-3,5,7-9,14-15H,10-13H2. The molecule has 3 aromatic rings. The van der Waals surface area contributed by atoms with Gasteiger partial charge in [-0.3, -0.25) is 4.79 Å². The molecule has 0 aliphatic carbocycles. The van der Waals surface area contributed by atoms with Crippen molar-refractivity contribution in [2.75, 3.05) is 31.1 Å². The first-order valence-corrected chi connectivity index (χ1v) is 10.1. The molecule has 7 heteroatoms.